The zero-order valence-electron chi connectivity index (χ0n) is 19.5. The normalized spacial score (nSPS) is 11.7. The Morgan fingerprint density at radius 2 is 1.86 bits per heavy atom. The highest BCUT2D eigenvalue weighted by molar-refractivity contribution is 5.95. The summed E-state index contributed by atoms with van der Waals surface area (Å²) in [5.41, 5.74) is 4.32. The lowest BCUT2D eigenvalue weighted by Gasteiger charge is -2.16. The minimum Gasteiger partial charge on any atom is -0.478 e. The van der Waals surface area contributed by atoms with Gasteiger partial charge in [0.25, 0.3) is 5.91 Å². The summed E-state index contributed by atoms with van der Waals surface area (Å²) in [4.78, 5) is 43.4. The number of carbonyl (C=O) groups excluding carboxylic acids is 2. The number of aromatic nitrogens is 2. The lowest BCUT2D eigenvalue weighted by atomic mass is 10.1. The smallest absolute Gasteiger partial charge is 0.408 e. The van der Waals surface area contributed by atoms with Gasteiger partial charge in [-0.25, -0.2) is 20.0 Å². The SMILES string of the molecule is O=C(N[C@H](Cc1cnc[nH]1)C(=O)N/N=C\c1ccc(-c2ccccc2C(=O)O)o1)OCc1ccccc1. The Kier molecular flexibility index (Phi) is 8.07. The molecule has 0 unspecified atom stereocenters. The average Bonchev–Trinajstić information content (AvgIpc) is 3.60. The number of nitrogens with one attached hydrogen (secondary N) is 3. The molecule has 0 aliphatic heterocycles. The highest BCUT2D eigenvalue weighted by atomic mass is 16.5. The number of amides is 2. The van der Waals surface area contributed by atoms with Gasteiger partial charge in [-0.05, 0) is 23.8 Å². The Morgan fingerprint density at radius 3 is 2.62 bits per heavy atom. The van der Waals surface area contributed by atoms with E-state index < -0.39 is 24.0 Å². The number of carboxylic acid groups (broad SMARTS) is 1. The van der Waals surface area contributed by atoms with Crippen molar-refractivity contribution >= 4 is 24.2 Å². The van der Waals surface area contributed by atoms with Crippen LogP contribution in [0.5, 0.6) is 0 Å². The molecular formula is C26H23N5O6. The fourth-order valence-electron chi connectivity index (χ4n) is 3.42. The largest absolute Gasteiger partial charge is 0.478 e. The first kappa shape index (κ1) is 24.9. The van der Waals surface area contributed by atoms with E-state index in [0.717, 1.165) is 5.56 Å². The molecule has 0 fully saturated rings. The molecule has 2 aromatic heterocycles. The third kappa shape index (κ3) is 6.92. The summed E-state index contributed by atoms with van der Waals surface area (Å²) < 4.78 is 10.9. The van der Waals surface area contributed by atoms with E-state index in [2.05, 4.69) is 25.8 Å². The molecule has 0 bridgehead atoms. The van der Waals surface area contributed by atoms with Crippen LogP contribution in [0.15, 0.2) is 88.8 Å². The van der Waals surface area contributed by atoms with Crippen molar-refractivity contribution in [1.29, 1.82) is 0 Å². The second-order valence-electron chi connectivity index (χ2n) is 7.83. The number of H-pyrrole nitrogens is 1. The standard InChI is InChI=1S/C26H23N5O6/c32-24(31-29-14-19-10-11-23(37-19)20-8-4-5-9-21(20)25(33)34)22(12-18-13-27-16-28-18)30-26(35)36-15-17-6-2-1-3-7-17/h1-11,13-14,16,22H,12,15H2,(H,27,28)(H,30,35)(H,31,32)(H,33,34)/b29-14-/t22-/m1/s1. The van der Waals surface area contributed by atoms with Crippen molar-refractivity contribution in [3.63, 3.8) is 0 Å². The maximum atomic E-state index is 12.8. The Bertz CT molecular complexity index is 1380. The third-order valence-corrected chi connectivity index (χ3v) is 5.22. The van der Waals surface area contributed by atoms with E-state index in [9.17, 15) is 19.5 Å². The van der Waals surface area contributed by atoms with Crippen LogP contribution >= 0.6 is 0 Å². The highest BCUT2D eigenvalue weighted by Gasteiger charge is 2.22. The second-order valence-corrected chi connectivity index (χ2v) is 7.83. The number of benzene rings is 2. The number of furan rings is 1. The zero-order valence-corrected chi connectivity index (χ0v) is 19.5. The molecule has 0 spiro atoms. The summed E-state index contributed by atoms with van der Waals surface area (Å²) in [6.07, 6.45) is 3.64. The number of hydrogen-bond acceptors (Lipinski definition) is 7. The van der Waals surface area contributed by atoms with Gasteiger partial charge in [0, 0.05) is 23.9 Å². The van der Waals surface area contributed by atoms with Gasteiger partial charge >= 0.3 is 12.1 Å². The third-order valence-electron chi connectivity index (χ3n) is 5.22. The monoisotopic (exact) mass is 501 g/mol. The molecule has 4 N–H and O–H groups in total. The summed E-state index contributed by atoms with van der Waals surface area (Å²) in [7, 11) is 0. The molecule has 0 radical (unpaired) electrons. The lowest BCUT2D eigenvalue weighted by molar-refractivity contribution is -0.123. The van der Waals surface area contributed by atoms with Crippen LogP contribution in [-0.2, 0) is 22.6 Å². The molecule has 0 aliphatic rings. The molecule has 188 valence electrons. The molecule has 0 saturated heterocycles. The number of alkyl carbamates (subject to hydrolysis) is 1. The van der Waals surface area contributed by atoms with Gasteiger partial charge in [0.05, 0.1) is 18.1 Å². The zero-order chi connectivity index (χ0) is 26.0. The van der Waals surface area contributed by atoms with Crippen LogP contribution in [0.3, 0.4) is 0 Å². The second kappa shape index (κ2) is 12.0. The first-order valence-corrected chi connectivity index (χ1v) is 11.2. The predicted octanol–water partition coefficient (Wildman–Crippen LogP) is 3.36. The van der Waals surface area contributed by atoms with Crippen molar-refractivity contribution in [3.8, 4) is 11.3 Å². The maximum Gasteiger partial charge on any atom is 0.408 e. The van der Waals surface area contributed by atoms with Crippen molar-refractivity contribution in [3.05, 3.63) is 102 Å². The van der Waals surface area contributed by atoms with Crippen LogP contribution in [-0.4, -0.2) is 45.3 Å². The van der Waals surface area contributed by atoms with E-state index >= 15 is 0 Å². The molecule has 1 atom stereocenters. The Labute approximate surface area is 211 Å². The lowest BCUT2D eigenvalue weighted by Crippen LogP contribution is -2.47. The molecular weight excluding hydrogens is 478 g/mol. The molecule has 2 amide bonds. The van der Waals surface area contributed by atoms with Gasteiger partial charge in [-0.3, -0.25) is 4.79 Å². The molecule has 2 heterocycles. The number of aromatic carboxylic acids is 1. The highest BCUT2D eigenvalue weighted by Crippen LogP contribution is 2.25. The van der Waals surface area contributed by atoms with Gasteiger partial charge in [0.1, 0.15) is 24.2 Å². The minimum absolute atomic E-state index is 0.0507. The number of hydrogen-bond donors (Lipinski definition) is 4. The van der Waals surface area contributed by atoms with Crippen LogP contribution in [0.1, 0.15) is 27.4 Å². The van der Waals surface area contributed by atoms with E-state index in [1.807, 2.05) is 30.3 Å². The number of nitrogens with zero attached hydrogens (tertiary/aromatic N) is 2. The predicted molar refractivity (Wildman–Crippen MR) is 133 cm³/mol. The topological polar surface area (TPSA) is 159 Å². The van der Waals surface area contributed by atoms with E-state index in [4.69, 9.17) is 9.15 Å². The van der Waals surface area contributed by atoms with Gasteiger partial charge < -0.3 is 24.6 Å². The van der Waals surface area contributed by atoms with Crippen molar-refractivity contribution in [2.45, 2.75) is 19.1 Å². The number of imidazole rings is 1. The Balaban J connectivity index is 1.38. The Morgan fingerprint density at radius 1 is 1.08 bits per heavy atom. The number of rotatable bonds is 10. The summed E-state index contributed by atoms with van der Waals surface area (Å²) in [6.45, 7) is 0.0507. The summed E-state index contributed by atoms with van der Waals surface area (Å²) >= 11 is 0. The van der Waals surface area contributed by atoms with Crippen LogP contribution < -0.4 is 10.7 Å². The van der Waals surface area contributed by atoms with E-state index in [1.54, 1.807) is 36.5 Å². The van der Waals surface area contributed by atoms with Gasteiger partial charge in [-0.2, -0.15) is 5.10 Å². The molecule has 0 saturated carbocycles. The fraction of sp³-hybridized carbons (Fsp3) is 0.115. The van der Waals surface area contributed by atoms with Gasteiger partial charge in [0.15, 0.2) is 0 Å². The molecule has 11 heteroatoms. The van der Waals surface area contributed by atoms with Crippen molar-refractivity contribution in [2.24, 2.45) is 5.10 Å². The number of aromatic amines is 1. The van der Waals surface area contributed by atoms with Crippen molar-refractivity contribution in [2.75, 3.05) is 0 Å². The van der Waals surface area contributed by atoms with Gasteiger partial charge in [0.2, 0.25) is 0 Å². The number of hydrazone groups is 1. The summed E-state index contributed by atoms with van der Waals surface area (Å²) in [5, 5.41) is 15.8. The van der Waals surface area contributed by atoms with Crippen molar-refractivity contribution < 1.29 is 28.6 Å². The maximum absolute atomic E-state index is 12.8. The van der Waals surface area contributed by atoms with Crippen LogP contribution in [0.4, 0.5) is 4.79 Å². The fourth-order valence-corrected chi connectivity index (χ4v) is 3.42. The van der Waals surface area contributed by atoms with Crippen LogP contribution in [0, 0.1) is 0 Å². The van der Waals surface area contributed by atoms with Gasteiger partial charge in [-0.15, -0.1) is 0 Å². The molecule has 4 rings (SSSR count). The first-order chi connectivity index (χ1) is 18.0. The number of ether oxygens (including phenoxy) is 1. The molecule has 2 aromatic carbocycles. The quantitative estimate of drug-likeness (QED) is 0.191. The molecule has 4 aromatic rings. The van der Waals surface area contributed by atoms with E-state index in [0.29, 0.717) is 17.0 Å². The first-order valence-electron chi connectivity index (χ1n) is 11.2. The number of carboxylic acids is 1. The van der Waals surface area contributed by atoms with Crippen LogP contribution in [0.25, 0.3) is 11.3 Å². The summed E-state index contributed by atoms with van der Waals surface area (Å²) in [5.74, 6) is -1.04. The van der Waals surface area contributed by atoms with E-state index in [-0.39, 0.29) is 24.4 Å². The summed E-state index contributed by atoms with van der Waals surface area (Å²) in [6, 6.07) is 17.8. The van der Waals surface area contributed by atoms with Gasteiger partial charge in [-0.1, -0.05) is 48.5 Å². The minimum atomic E-state index is -1.08. The average molecular weight is 501 g/mol. The number of carbonyl (C=O) groups is 3. The molecule has 37 heavy (non-hydrogen) atoms. The van der Waals surface area contributed by atoms with Crippen molar-refractivity contribution in [1.82, 2.24) is 20.7 Å². The molecule has 0 aliphatic carbocycles. The molecule has 11 nitrogen and oxygen atoms in total. The van der Waals surface area contributed by atoms with Crippen LogP contribution in [0.2, 0.25) is 0 Å². The van der Waals surface area contributed by atoms with E-state index in [1.165, 1.54) is 18.6 Å². The Hall–Kier alpha value is -5.19.